The highest BCUT2D eigenvalue weighted by Gasteiger charge is 2.17. The molecule has 5 heteroatoms. The van der Waals surface area contributed by atoms with Gasteiger partial charge in [-0.1, -0.05) is 17.7 Å². The summed E-state index contributed by atoms with van der Waals surface area (Å²) in [6, 6.07) is 4.52. The molecule has 1 aliphatic rings. The van der Waals surface area contributed by atoms with Gasteiger partial charge in [0.1, 0.15) is 0 Å². The maximum atomic E-state index is 12.2. The van der Waals surface area contributed by atoms with E-state index >= 15 is 0 Å². The third-order valence-corrected chi connectivity index (χ3v) is 3.35. The van der Waals surface area contributed by atoms with E-state index in [1.807, 2.05) is 13.8 Å². The molecule has 2 amide bonds. The number of rotatable bonds is 2. The molecule has 0 fully saturated rings. The van der Waals surface area contributed by atoms with E-state index in [2.05, 4.69) is 11.4 Å². The van der Waals surface area contributed by atoms with Crippen LogP contribution in [0.2, 0.25) is 0 Å². The van der Waals surface area contributed by atoms with E-state index in [1.54, 1.807) is 11.0 Å². The summed E-state index contributed by atoms with van der Waals surface area (Å²) in [6.07, 6.45) is 2.98. The van der Waals surface area contributed by atoms with Gasteiger partial charge in [-0.3, -0.25) is 0 Å². The van der Waals surface area contributed by atoms with Crippen molar-refractivity contribution in [2.24, 2.45) is 0 Å². The van der Waals surface area contributed by atoms with E-state index in [-0.39, 0.29) is 11.6 Å². The second kappa shape index (κ2) is 5.77. The number of urea groups is 1. The molecule has 1 aromatic rings. The fourth-order valence-electron chi connectivity index (χ4n) is 2.17. The molecule has 0 aromatic heterocycles. The van der Waals surface area contributed by atoms with Crippen LogP contribution in [0.25, 0.3) is 0 Å². The Bertz CT molecular complexity index is 578. The second-order valence-corrected chi connectivity index (χ2v) is 5.03. The lowest BCUT2D eigenvalue weighted by Crippen LogP contribution is -2.38. The standard InChI is InChI=1S/C15H18N2O3/c1-10-4-3-7-17(9-10)15(20)16-13-8-12(14(18)19)6-5-11(13)2/h4-6,8H,3,7,9H2,1-2H3,(H,16,20)(H,18,19). The number of anilines is 1. The van der Waals surface area contributed by atoms with Gasteiger partial charge in [-0.25, -0.2) is 9.59 Å². The molecular weight excluding hydrogens is 256 g/mol. The van der Waals surface area contributed by atoms with Crippen LogP contribution in [-0.4, -0.2) is 35.1 Å². The minimum atomic E-state index is -1.00. The normalized spacial score (nSPS) is 14.7. The topological polar surface area (TPSA) is 69.6 Å². The zero-order valence-corrected chi connectivity index (χ0v) is 11.6. The highest BCUT2D eigenvalue weighted by molar-refractivity contribution is 5.94. The van der Waals surface area contributed by atoms with Crippen LogP contribution in [0.5, 0.6) is 0 Å². The number of hydrogen-bond donors (Lipinski definition) is 2. The maximum Gasteiger partial charge on any atom is 0.335 e. The third-order valence-electron chi connectivity index (χ3n) is 3.35. The first-order chi connectivity index (χ1) is 9.47. The maximum absolute atomic E-state index is 12.2. The van der Waals surface area contributed by atoms with Gasteiger partial charge in [0.05, 0.1) is 5.56 Å². The third kappa shape index (κ3) is 3.17. The van der Waals surface area contributed by atoms with Crippen molar-refractivity contribution in [3.8, 4) is 0 Å². The lowest BCUT2D eigenvalue weighted by atomic mass is 10.1. The molecule has 0 unspecified atom stereocenters. The van der Waals surface area contributed by atoms with Crippen LogP contribution in [0.1, 0.15) is 29.3 Å². The van der Waals surface area contributed by atoms with Gasteiger partial charge < -0.3 is 15.3 Å². The van der Waals surface area contributed by atoms with Crippen LogP contribution in [0.3, 0.4) is 0 Å². The number of nitrogens with one attached hydrogen (secondary N) is 1. The number of amides is 2. The van der Waals surface area contributed by atoms with Crippen LogP contribution in [0.15, 0.2) is 29.8 Å². The molecule has 0 bridgehead atoms. The van der Waals surface area contributed by atoms with Crippen molar-refractivity contribution in [3.05, 3.63) is 41.0 Å². The Morgan fingerprint density at radius 1 is 1.30 bits per heavy atom. The Labute approximate surface area is 117 Å². The molecule has 1 aliphatic heterocycles. The highest BCUT2D eigenvalue weighted by atomic mass is 16.4. The molecule has 2 rings (SSSR count). The number of carboxylic acid groups (broad SMARTS) is 1. The monoisotopic (exact) mass is 274 g/mol. The van der Waals surface area contributed by atoms with E-state index in [0.29, 0.717) is 18.8 Å². The average molecular weight is 274 g/mol. The van der Waals surface area contributed by atoms with E-state index in [0.717, 1.165) is 12.0 Å². The Morgan fingerprint density at radius 3 is 2.70 bits per heavy atom. The van der Waals surface area contributed by atoms with E-state index in [1.165, 1.54) is 17.7 Å². The van der Waals surface area contributed by atoms with Gasteiger partial charge in [0.25, 0.3) is 0 Å². The Balaban J connectivity index is 2.13. The molecule has 106 valence electrons. The van der Waals surface area contributed by atoms with Gasteiger partial charge in [-0.15, -0.1) is 0 Å². The van der Waals surface area contributed by atoms with Crippen molar-refractivity contribution in [1.82, 2.24) is 4.90 Å². The van der Waals surface area contributed by atoms with Gasteiger partial charge in [-0.05, 0) is 38.0 Å². The minimum Gasteiger partial charge on any atom is -0.478 e. The smallest absolute Gasteiger partial charge is 0.335 e. The summed E-state index contributed by atoms with van der Waals surface area (Å²) in [7, 11) is 0. The van der Waals surface area contributed by atoms with E-state index in [4.69, 9.17) is 5.11 Å². The first-order valence-corrected chi connectivity index (χ1v) is 6.53. The number of carboxylic acids is 1. The highest BCUT2D eigenvalue weighted by Crippen LogP contribution is 2.18. The van der Waals surface area contributed by atoms with Crippen molar-refractivity contribution >= 4 is 17.7 Å². The van der Waals surface area contributed by atoms with Crippen LogP contribution >= 0.6 is 0 Å². The van der Waals surface area contributed by atoms with Gasteiger partial charge in [0, 0.05) is 18.8 Å². The average Bonchev–Trinajstić information content (AvgIpc) is 2.41. The molecule has 1 aromatic carbocycles. The van der Waals surface area contributed by atoms with E-state index < -0.39 is 5.97 Å². The van der Waals surface area contributed by atoms with Gasteiger partial charge in [0.2, 0.25) is 0 Å². The summed E-state index contributed by atoms with van der Waals surface area (Å²) >= 11 is 0. The van der Waals surface area contributed by atoms with Gasteiger partial charge in [0.15, 0.2) is 0 Å². The van der Waals surface area contributed by atoms with Crippen molar-refractivity contribution in [2.45, 2.75) is 20.3 Å². The zero-order chi connectivity index (χ0) is 14.7. The Hall–Kier alpha value is -2.30. The first kappa shape index (κ1) is 14.1. The van der Waals surface area contributed by atoms with Crippen LogP contribution < -0.4 is 5.32 Å². The minimum absolute atomic E-state index is 0.167. The number of aryl methyl sites for hydroxylation is 1. The summed E-state index contributed by atoms with van der Waals surface area (Å²) in [6.45, 7) is 5.13. The number of nitrogens with zero attached hydrogens (tertiary/aromatic N) is 1. The number of carbonyl (C=O) groups excluding carboxylic acids is 1. The molecule has 0 spiro atoms. The molecule has 0 atom stereocenters. The lowest BCUT2D eigenvalue weighted by Gasteiger charge is -2.26. The lowest BCUT2D eigenvalue weighted by molar-refractivity contribution is 0.0697. The van der Waals surface area contributed by atoms with Crippen LogP contribution in [0, 0.1) is 6.92 Å². The largest absolute Gasteiger partial charge is 0.478 e. The number of hydrogen-bond acceptors (Lipinski definition) is 2. The SMILES string of the molecule is CC1=CCCN(C(=O)Nc2cc(C(=O)O)ccc2C)C1. The van der Waals surface area contributed by atoms with Crippen molar-refractivity contribution in [3.63, 3.8) is 0 Å². The summed E-state index contributed by atoms with van der Waals surface area (Å²) in [4.78, 5) is 24.9. The molecule has 2 N–H and O–H groups in total. The Kier molecular flexibility index (Phi) is 4.08. The van der Waals surface area contributed by atoms with E-state index in [9.17, 15) is 9.59 Å². The van der Waals surface area contributed by atoms with Crippen LogP contribution in [-0.2, 0) is 0 Å². The fourth-order valence-corrected chi connectivity index (χ4v) is 2.17. The molecule has 0 saturated carbocycles. The van der Waals surface area contributed by atoms with Gasteiger partial charge in [-0.2, -0.15) is 0 Å². The predicted molar refractivity (Wildman–Crippen MR) is 77.1 cm³/mol. The summed E-state index contributed by atoms with van der Waals surface area (Å²) in [5.74, 6) is -1.00. The zero-order valence-electron chi connectivity index (χ0n) is 11.6. The molecule has 5 nitrogen and oxygen atoms in total. The number of benzene rings is 1. The van der Waals surface area contributed by atoms with Crippen molar-refractivity contribution in [1.29, 1.82) is 0 Å². The second-order valence-electron chi connectivity index (χ2n) is 5.03. The van der Waals surface area contributed by atoms with Gasteiger partial charge >= 0.3 is 12.0 Å². The quantitative estimate of drug-likeness (QED) is 0.815. The molecule has 0 aliphatic carbocycles. The molecule has 0 saturated heterocycles. The summed E-state index contributed by atoms with van der Waals surface area (Å²) in [5, 5.41) is 11.8. The van der Waals surface area contributed by atoms with Crippen molar-refractivity contribution in [2.75, 3.05) is 18.4 Å². The predicted octanol–water partition coefficient (Wildman–Crippen LogP) is 2.88. The molecule has 1 heterocycles. The number of aromatic carboxylic acids is 1. The number of carbonyl (C=O) groups is 2. The Morgan fingerprint density at radius 2 is 2.05 bits per heavy atom. The molecule has 0 radical (unpaired) electrons. The fraction of sp³-hybridized carbons (Fsp3) is 0.333. The summed E-state index contributed by atoms with van der Waals surface area (Å²) in [5.41, 5.74) is 2.72. The summed E-state index contributed by atoms with van der Waals surface area (Å²) < 4.78 is 0. The molecule has 20 heavy (non-hydrogen) atoms. The molecular formula is C15H18N2O3. The van der Waals surface area contributed by atoms with Crippen molar-refractivity contribution < 1.29 is 14.7 Å². The first-order valence-electron chi connectivity index (χ1n) is 6.53. The van der Waals surface area contributed by atoms with Crippen LogP contribution in [0.4, 0.5) is 10.5 Å².